The maximum Gasteiger partial charge on any atom is 0.248 e. The van der Waals surface area contributed by atoms with E-state index in [-0.39, 0.29) is 6.61 Å². The van der Waals surface area contributed by atoms with Gasteiger partial charge in [0.15, 0.2) is 0 Å². The van der Waals surface area contributed by atoms with Gasteiger partial charge in [-0.05, 0) is 37.1 Å². The summed E-state index contributed by atoms with van der Waals surface area (Å²) in [5.74, 6) is -0.0310. The van der Waals surface area contributed by atoms with Crippen molar-refractivity contribution in [3.63, 3.8) is 0 Å². The quantitative estimate of drug-likeness (QED) is 0.845. The third kappa shape index (κ3) is 2.10. The Morgan fingerprint density at radius 3 is 2.58 bits per heavy atom. The molecule has 98 valence electrons. The Balaban J connectivity index is 2.01. The van der Waals surface area contributed by atoms with Gasteiger partial charge in [0.1, 0.15) is 5.69 Å². The number of amides is 1. The lowest BCUT2D eigenvalue weighted by Crippen LogP contribution is -2.11. The van der Waals surface area contributed by atoms with Gasteiger partial charge in [0.05, 0.1) is 18.0 Å². The average molecular weight is 258 g/mol. The van der Waals surface area contributed by atoms with Crippen LogP contribution in [0.3, 0.4) is 0 Å². The number of carbonyl (C=O) groups excluding carboxylic acids is 1. The molecule has 19 heavy (non-hydrogen) atoms. The number of nitrogens with two attached hydrogens (primary N) is 1. The van der Waals surface area contributed by atoms with Crippen LogP contribution in [0.1, 0.15) is 40.5 Å². The van der Waals surface area contributed by atoms with E-state index in [1.54, 1.807) is 28.9 Å². The first-order chi connectivity index (χ1) is 9.20. The van der Waals surface area contributed by atoms with E-state index in [0.717, 1.165) is 24.2 Å². The lowest BCUT2D eigenvalue weighted by atomic mass is 10.2. The van der Waals surface area contributed by atoms with Crippen LogP contribution in [0.4, 0.5) is 0 Å². The maximum atomic E-state index is 11.0. The van der Waals surface area contributed by atoms with Crippen molar-refractivity contribution in [1.82, 2.24) is 15.0 Å². The standard InChI is InChI=1S/C13H14N4O2/c14-13(19)9-3-5-10(6-4-9)17-12(8-1-2-8)11(7-18)15-16-17/h3-6,8,18H,1-2,7H2,(H2,14,19). The summed E-state index contributed by atoms with van der Waals surface area (Å²) in [6.45, 7) is -0.106. The molecular formula is C13H14N4O2. The second-order valence-electron chi connectivity index (χ2n) is 4.68. The number of benzene rings is 1. The van der Waals surface area contributed by atoms with E-state index in [4.69, 9.17) is 5.73 Å². The van der Waals surface area contributed by atoms with Crippen molar-refractivity contribution in [3.8, 4) is 5.69 Å². The SMILES string of the molecule is NC(=O)c1ccc(-n2nnc(CO)c2C2CC2)cc1. The highest BCUT2D eigenvalue weighted by molar-refractivity contribution is 5.92. The zero-order valence-electron chi connectivity index (χ0n) is 10.3. The number of rotatable bonds is 4. The molecule has 0 bridgehead atoms. The van der Waals surface area contributed by atoms with Crippen LogP contribution in [-0.4, -0.2) is 26.0 Å². The van der Waals surface area contributed by atoms with Crippen LogP contribution < -0.4 is 5.73 Å². The van der Waals surface area contributed by atoms with Crippen molar-refractivity contribution in [2.45, 2.75) is 25.4 Å². The second-order valence-corrected chi connectivity index (χ2v) is 4.68. The van der Waals surface area contributed by atoms with E-state index in [9.17, 15) is 9.90 Å². The van der Waals surface area contributed by atoms with E-state index in [1.165, 1.54) is 0 Å². The molecule has 1 heterocycles. The van der Waals surface area contributed by atoms with Gasteiger partial charge in [-0.1, -0.05) is 5.21 Å². The van der Waals surface area contributed by atoms with Crippen LogP contribution >= 0.6 is 0 Å². The van der Waals surface area contributed by atoms with E-state index in [1.807, 2.05) is 0 Å². The Morgan fingerprint density at radius 2 is 2.05 bits per heavy atom. The molecule has 1 aromatic heterocycles. The summed E-state index contributed by atoms with van der Waals surface area (Å²) in [6.07, 6.45) is 2.19. The average Bonchev–Trinajstić information content (AvgIpc) is 3.17. The molecule has 6 nitrogen and oxygen atoms in total. The Hall–Kier alpha value is -2.21. The number of hydrogen-bond acceptors (Lipinski definition) is 4. The molecule has 1 saturated carbocycles. The normalized spacial score (nSPS) is 14.6. The topological polar surface area (TPSA) is 94.0 Å². The van der Waals surface area contributed by atoms with Gasteiger partial charge in [-0.25, -0.2) is 4.68 Å². The van der Waals surface area contributed by atoms with Gasteiger partial charge in [-0.2, -0.15) is 0 Å². The zero-order valence-corrected chi connectivity index (χ0v) is 10.3. The van der Waals surface area contributed by atoms with Crippen molar-refractivity contribution < 1.29 is 9.90 Å². The number of aromatic nitrogens is 3. The van der Waals surface area contributed by atoms with Gasteiger partial charge in [0.2, 0.25) is 5.91 Å². The van der Waals surface area contributed by atoms with Gasteiger partial charge in [-0.15, -0.1) is 5.10 Å². The van der Waals surface area contributed by atoms with E-state index >= 15 is 0 Å². The Labute approximate surface area is 109 Å². The van der Waals surface area contributed by atoms with Crippen molar-refractivity contribution >= 4 is 5.91 Å². The van der Waals surface area contributed by atoms with Crippen molar-refractivity contribution in [2.24, 2.45) is 5.73 Å². The Morgan fingerprint density at radius 1 is 1.37 bits per heavy atom. The maximum absolute atomic E-state index is 11.0. The van der Waals surface area contributed by atoms with E-state index in [2.05, 4.69) is 10.3 Å². The molecule has 0 saturated heterocycles. The molecule has 1 aliphatic rings. The molecule has 3 rings (SSSR count). The Bertz CT molecular complexity index is 614. The summed E-state index contributed by atoms with van der Waals surface area (Å²) in [4.78, 5) is 11.0. The molecule has 0 spiro atoms. The highest BCUT2D eigenvalue weighted by Gasteiger charge is 2.31. The minimum Gasteiger partial charge on any atom is -0.390 e. The molecule has 3 N–H and O–H groups in total. The number of hydrogen-bond donors (Lipinski definition) is 2. The number of aliphatic hydroxyl groups is 1. The van der Waals surface area contributed by atoms with E-state index < -0.39 is 5.91 Å². The molecule has 0 unspecified atom stereocenters. The van der Waals surface area contributed by atoms with Crippen molar-refractivity contribution in [3.05, 3.63) is 41.2 Å². The highest BCUT2D eigenvalue weighted by Crippen LogP contribution is 2.41. The first kappa shape index (κ1) is 11.9. The predicted octanol–water partition coefficient (Wildman–Crippen LogP) is 0.736. The molecule has 1 fully saturated rings. The molecule has 1 aromatic carbocycles. The van der Waals surface area contributed by atoms with Gasteiger partial charge in [0.25, 0.3) is 0 Å². The summed E-state index contributed by atoms with van der Waals surface area (Å²) in [5.41, 5.74) is 8.08. The molecule has 0 aliphatic heterocycles. The molecule has 2 aromatic rings. The first-order valence-corrected chi connectivity index (χ1v) is 6.16. The smallest absolute Gasteiger partial charge is 0.248 e. The molecule has 1 aliphatic carbocycles. The zero-order chi connectivity index (χ0) is 13.4. The van der Waals surface area contributed by atoms with E-state index in [0.29, 0.717) is 17.2 Å². The van der Waals surface area contributed by atoms with Crippen LogP contribution in [0.5, 0.6) is 0 Å². The van der Waals surface area contributed by atoms with Gasteiger partial charge in [-0.3, -0.25) is 4.79 Å². The number of primary amides is 1. The largest absolute Gasteiger partial charge is 0.390 e. The summed E-state index contributed by atoms with van der Waals surface area (Å²) >= 11 is 0. The number of nitrogens with zero attached hydrogens (tertiary/aromatic N) is 3. The summed E-state index contributed by atoms with van der Waals surface area (Å²) < 4.78 is 1.73. The van der Waals surface area contributed by atoms with Gasteiger partial charge in [0, 0.05) is 11.5 Å². The van der Waals surface area contributed by atoms with Crippen LogP contribution in [-0.2, 0) is 6.61 Å². The lowest BCUT2D eigenvalue weighted by molar-refractivity contribution is 0.100. The van der Waals surface area contributed by atoms with Crippen LogP contribution in [0.2, 0.25) is 0 Å². The monoisotopic (exact) mass is 258 g/mol. The molecule has 0 atom stereocenters. The van der Waals surface area contributed by atoms with Crippen molar-refractivity contribution in [1.29, 1.82) is 0 Å². The number of carbonyl (C=O) groups is 1. The molecular weight excluding hydrogens is 244 g/mol. The predicted molar refractivity (Wildman–Crippen MR) is 67.8 cm³/mol. The van der Waals surface area contributed by atoms with Crippen LogP contribution in [0.15, 0.2) is 24.3 Å². The number of aliphatic hydroxyl groups excluding tert-OH is 1. The fourth-order valence-electron chi connectivity index (χ4n) is 2.16. The first-order valence-electron chi connectivity index (χ1n) is 6.16. The van der Waals surface area contributed by atoms with Crippen molar-refractivity contribution in [2.75, 3.05) is 0 Å². The molecule has 6 heteroatoms. The summed E-state index contributed by atoms with van der Waals surface area (Å²) in [7, 11) is 0. The fourth-order valence-corrected chi connectivity index (χ4v) is 2.16. The second kappa shape index (κ2) is 4.47. The van der Waals surface area contributed by atoms with Crippen LogP contribution in [0.25, 0.3) is 5.69 Å². The third-order valence-corrected chi connectivity index (χ3v) is 3.29. The lowest BCUT2D eigenvalue weighted by Gasteiger charge is -2.06. The van der Waals surface area contributed by atoms with Crippen LogP contribution in [0, 0.1) is 0 Å². The minimum absolute atomic E-state index is 0.106. The summed E-state index contributed by atoms with van der Waals surface area (Å²) in [5, 5.41) is 17.4. The van der Waals surface area contributed by atoms with Gasteiger partial charge >= 0.3 is 0 Å². The summed E-state index contributed by atoms with van der Waals surface area (Å²) in [6, 6.07) is 6.88. The minimum atomic E-state index is -0.455. The van der Waals surface area contributed by atoms with Gasteiger partial charge < -0.3 is 10.8 Å². The highest BCUT2D eigenvalue weighted by atomic mass is 16.3. The fraction of sp³-hybridized carbons (Fsp3) is 0.308. The Kier molecular flexibility index (Phi) is 2.79. The molecule has 1 amide bonds. The molecule has 0 radical (unpaired) electrons. The third-order valence-electron chi connectivity index (χ3n) is 3.29.